The highest BCUT2D eigenvalue weighted by molar-refractivity contribution is 7.10. The van der Waals surface area contributed by atoms with Gasteiger partial charge in [0.05, 0.1) is 28.2 Å². The van der Waals surface area contributed by atoms with Gasteiger partial charge in [-0.05, 0) is 85.4 Å². The first-order valence-corrected chi connectivity index (χ1v) is 25.0. The molecule has 2 aliphatic rings. The smallest absolute Gasteiger partial charge is 0.179 e. The van der Waals surface area contributed by atoms with E-state index in [9.17, 15) is 10.5 Å². The standard InChI is InChI=1S/C50H56N2SSi2/c1-36(2)54(37(3)4,38(5)6)31-28-43(44(26-27-47-18-16-30-53-47)29-32-55(39(7)8,40(9)10)41(11)12)23-20-42-21-24-45(25-22-42)49-33-46-17-14-13-15-19-48(46)50(49,34-51)35-52/h13-19,21-22,24-25,30,33,36-41,48H,1-12H3/b44-43+. The van der Waals surface area contributed by atoms with Crippen molar-refractivity contribution in [3.63, 3.8) is 0 Å². The molecule has 1 unspecified atom stereocenters. The van der Waals surface area contributed by atoms with Crippen molar-refractivity contribution in [1.82, 2.24) is 0 Å². The Hall–Kier alpha value is -4.73. The zero-order valence-electron chi connectivity index (χ0n) is 34.8. The Morgan fingerprint density at radius 3 is 1.60 bits per heavy atom. The Morgan fingerprint density at radius 1 is 0.636 bits per heavy atom. The minimum atomic E-state index is -2.12. The van der Waals surface area contributed by atoms with E-state index in [0.29, 0.717) is 50.0 Å². The lowest BCUT2D eigenvalue weighted by Crippen LogP contribution is -2.43. The molecule has 0 aliphatic heterocycles. The molecule has 0 N–H and O–H groups in total. The zero-order chi connectivity index (χ0) is 40.6. The first-order chi connectivity index (χ1) is 26.1. The van der Waals surface area contributed by atoms with Crippen molar-refractivity contribution < 1.29 is 0 Å². The minimum Gasteiger partial charge on any atom is -0.196 e. The molecule has 0 bridgehead atoms. The predicted octanol–water partition coefficient (Wildman–Crippen LogP) is 13.0. The van der Waals surface area contributed by atoms with Crippen LogP contribution in [0.5, 0.6) is 0 Å². The van der Waals surface area contributed by atoms with Crippen molar-refractivity contribution in [3.8, 4) is 58.7 Å². The highest BCUT2D eigenvalue weighted by Gasteiger charge is 2.48. The third-order valence-electron chi connectivity index (χ3n) is 11.9. The molecule has 4 rings (SSSR count). The molecular formula is C50H56N2SSi2. The summed E-state index contributed by atoms with van der Waals surface area (Å²) in [7, 11) is -4.21. The highest BCUT2D eigenvalue weighted by Crippen LogP contribution is 2.52. The molecule has 280 valence electrons. The maximum Gasteiger partial charge on any atom is 0.179 e. The van der Waals surface area contributed by atoms with Crippen LogP contribution >= 0.6 is 11.3 Å². The van der Waals surface area contributed by atoms with E-state index in [4.69, 9.17) is 0 Å². The van der Waals surface area contributed by atoms with Gasteiger partial charge in [0.15, 0.2) is 5.41 Å². The Morgan fingerprint density at radius 2 is 1.15 bits per heavy atom. The van der Waals surface area contributed by atoms with E-state index in [2.05, 4.69) is 142 Å². The molecule has 5 heteroatoms. The largest absolute Gasteiger partial charge is 0.196 e. The van der Waals surface area contributed by atoms with Crippen molar-refractivity contribution in [3.05, 3.63) is 111 Å². The fraction of sp³-hybridized carbons (Fsp3) is 0.400. The Bertz CT molecular complexity index is 2170. The second-order valence-electron chi connectivity index (χ2n) is 16.6. The molecule has 0 saturated heterocycles. The molecule has 0 fully saturated rings. The SMILES string of the molecule is CC(C)[Si](C#C/C(C#Cc1ccc(C2=CC3=CC=CC=CC3C2(C#N)C#N)cc1)=C(\C#Cc1cccs1)C#C[Si](C(C)C)(C(C)C)C(C)C)(C(C)C)C(C)C. The van der Waals surface area contributed by atoms with Gasteiger partial charge in [-0.2, -0.15) is 10.5 Å². The van der Waals surface area contributed by atoms with E-state index in [1.807, 2.05) is 78.2 Å². The van der Waals surface area contributed by atoms with Crippen LogP contribution in [0.3, 0.4) is 0 Å². The predicted molar refractivity (Wildman–Crippen MR) is 241 cm³/mol. The molecule has 55 heavy (non-hydrogen) atoms. The molecule has 0 spiro atoms. The topological polar surface area (TPSA) is 47.6 Å². The number of allylic oxidation sites excluding steroid dienone is 10. The summed E-state index contributed by atoms with van der Waals surface area (Å²) < 4.78 is 0. The van der Waals surface area contributed by atoms with Gasteiger partial charge in [0.2, 0.25) is 0 Å². The number of hydrogen-bond donors (Lipinski definition) is 0. The van der Waals surface area contributed by atoms with Crippen LogP contribution in [0, 0.1) is 80.6 Å². The highest BCUT2D eigenvalue weighted by atomic mass is 32.1. The Kier molecular flexibility index (Phi) is 14.3. The summed E-state index contributed by atoms with van der Waals surface area (Å²) in [4.78, 5) is 0.982. The number of hydrogen-bond acceptors (Lipinski definition) is 3. The summed E-state index contributed by atoms with van der Waals surface area (Å²) in [6.07, 6.45) is 11.7. The van der Waals surface area contributed by atoms with Crippen molar-refractivity contribution >= 4 is 33.1 Å². The minimum absolute atomic E-state index is 0.324. The van der Waals surface area contributed by atoms with Gasteiger partial charge in [-0.1, -0.05) is 161 Å². The third-order valence-corrected chi connectivity index (χ3v) is 25.2. The molecule has 0 radical (unpaired) electrons. The lowest BCUT2D eigenvalue weighted by Gasteiger charge is -2.38. The van der Waals surface area contributed by atoms with Gasteiger partial charge in [0, 0.05) is 11.5 Å². The van der Waals surface area contributed by atoms with Gasteiger partial charge in [-0.15, -0.1) is 22.4 Å². The lowest BCUT2D eigenvalue weighted by atomic mass is 9.73. The second kappa shape index (κ2) is 18.3. The summed E-state index contributed by atoms with van der Waals surface area (Å²) in [6, 6.07) is 16.7. The summed E-state index contributed by atoms with van der Waals surface area (Å²) in [5.41, 5.74) is 14.1. The van der Waals surface area contributed by atoms with Gasteiger partial charge in [-0.3, -0.25) is 0 Å². The maximum atomic E-state index is 10.4. The number of benzene rings is 1. The summed E-state index contributed by atoms with van der Waals surface area (Å²) in [6.45, 7) is 28.0. The molecule has 1 aromatic carbocycles. The van der Waals surface area contributed by atoms with Crippen LogP contribution in [0.25, 0.3) is 5.57 Å². The van der Waals surface area contributed by atoms with Gasteiger partial charge in [0.25, 0.3) is 0 Å². The van der Waals surface area contributed by atoms with Crippen LogP contribution in [-0.4, -0.2) is 16.1 Å². The van der Waals surface area contributed by atoms with Gasteiger partial charge >= 0.3 is 0 Å². The second-order valence-corrected chi connectivity index (χ2v) is 28.7. The van der Waals surface area contributed by atoms with E-state index >= 15 is 0 Å². The fourth-order valence-corrected chi connectivity index (χ4v) is 20.0. The number of nitrogens with zero attached hydrogens (tertiary/aromatic N) is 2. The third kappa shape index (κ3) is 8.74. The van der Waals surface area contributed by atoms with E-state index < -0.39 is 21.6 Å². The van der Waals surface area contributed by atoms with Crippen molar-refractivity contribution in [2.45, 2.75) is 116 Å². The van der Waals surface area contributed by atoms with E-state index in [0.717, 1.165) is 21.6 Å². The summed E-state index contributed by atoms with van der Waals surface area (Å²) in [5, 5.41) is 22.8. The summed E-state index contributed by atoms with van der Waals surface area (Å²) in [5.74, 6) is 20.8. The first-order valence-electron chi connectivity index (χ1n) is 19.7. The van der Waals surface area contributed by atoms with Crippen LogP contribution in [0.15, 0.2) is 95.0 Å². The normalized spacial score (nSPS) is 16.3. The molecule has 1 heterocycles. The number of rotatable bonds is 7. The molecule has 0 saturated carbocycles. The van der Waals surface area contributed by atoms with Crippen LogP contribution in [-0.2, 0) is 0 Å². The van der Waals surface area contributed by atoms with Gasteiger partial charge < -0.3 is 0 Å². The molecule has 1 atom stereocenters. The van der Waals surface area contributed by atoms with Crippen LogP contribution in [0.4, 0.5) is 0 Å². The monoisotopic (exact) mass is 772 g/mol. The van der Waals surface area contributed by atoms with E-state index in [1.165, 1.54) is 0 Å². The zero-order valence-corrected chi connectivity index (χ0v) is 37.7. The molecule has 2 nitrogen and oxygen atoms in total. The average Bonchev–Trinajstić information content (AvgIpc) is 3.69. The van der Waals surface area contributed by atoms with Crippen molar-refractivity contribution in [1.29, 1.82) is 10.5 Å². The van der Waals surface area contributed by atoms with Crippen molar-refractivity contribution in [2.24, 2.45) is 11.3 Å². The van der Waals surface area contributed by atoms with Crippen LogP contribution in [0.2, 0.25) is 33.2 Å². The van der Waals surface area contributed by atoms with Crippen LogP contribution in [0.1, 0.15) is 99.1 Å². The average molecular weight is 773 g/mol. The van der Waals surface area contributed by atoms with Crippen molar-refractivity contribution in [2.75, 3.05) is 0 Å². The van der Waals surface area contributed by atoms with E-state index in [1.54, 1.807) is 11.3 Å². The number of fused-ring (bicyclic) bond motifs is 1. The van der Waals surface area contributed by atoms with E-state index in [-0.39, 0.29) is 5.92 Å². The quantitative estimate of drug-likeness (QED) is 0.208. The molecule has 2 aliphatic carbocycles. The van der Waals surface area contributed by atoms with Gasteiger partial charge in [0.1, 0.15) is 16.1 Å². The fourth-order valence-electron chi connectivity index (χ4n) is 9.06. The number of nitriles is 2. The van der Waals surface area contributed by atoms with Crippen LogP contribution < -0.4 is 0 Å². The molecule has 0 amide bonds. The summed E-state index contributed by atoms with van der Waals surface area (Å²) >= 11 is 1.62. The molecular weight excluding hydrogens is 717 g/mol. The number of thiophene rings is 1. The molecule has 2 aromatic rings. The lowest BCUT2D eigenvalue weighted by molar-refractivity contribution is 0.578. The molecule has 1 aromatic heterocycles. The Labute approximate surface area is 339 Å². The Balaban J connectivity index is 1.98. The first kappa shape index (κ1) is 43.0. The van der Waals surface area contributed by atoms with Gasteiger partial charge in [-0.25, -0.2) is 0 Å². The maximum absolute atomic E-state index is 10.4.